The number of alkyl carbamates (subject to hydrolysis) is 1. The molecule has 1 heterocycles. The minimum absolute atomic E-state index is 0.197. The smallest absolute Gasteiger partial charge is 0.409 e. The number of carbonyl (C=O) groups is 2. The van der Waals surface area contributed by atoms with Gasteiger partial charge in [0.2, 0.25) is 6.29 Å². The highest BCUT2D eigenvalue weighted by Crippen LogP contribution is 2.34. The lowest BCUT2D eigenvalue weighted by Crippen LogP contribution is -2.43. The first-order chi connectivity index (χ1) is 12.5. The molecule has 0 saturated carbocycles. The summed E-state index contributed by atoms with van der Waals surface area (Å²) in [6, 6.07) is 17.7. The summed E-state index contributed by atoms with van der Waals surface area (Å²) in [5.74, 6) is -0.197. The molecule has 0 fully saturated rings. The fraction of sp³-hybridized carbons (Fsp3) is 0.200. The Balaban J connectivity index is 1.77. The van der Waals surface area contributed by atoms with Crippen LogP contribution in [0.4, 0.5) is 4.79 Å². The molecule has 134 valence electrons. The highest BCUT2D eigenvalue weighted by Gasteiger charge is 2.40. The number of carbonyl (C=O) groups excluding carboxylic acids is 2. The van der Waals surface area contributed by atoms with Gasteiger partial charge in [-0.25, -0.2) is 4.79 Å². The zero-order chi connectivity index (χ0) is 18.6. The monoisotopic (exact) mass is 369 g/mol. The van der Waals surface area contributed by atoms with E-state index in [0.29, 0.717) is 5.56 Å². The van der Waals surface area contributed by atoms with E-state index in [-0.39, 0.29) is 5.78 Å². The van der Waals surface area contributed by atoms with Crippen LogP contribution in [0, 0.1) is 0 Å². The zero-order valence-electron chi connectivity index (χ0n) is 14.5. The maximum Gasteiger partial charge on any atom is 0.409 e. The summed E-state index contributed by atoms with van der Waals surface area (Å²) in [4.78, 5) is 26.0. The quantitative estimate of drug-likeness (QED) is 0.886. The standard InChI is InChI=1S/C20H19NO4S/c1-20(17(22)12-13-18(25-20)24-19(23)21-2)14-8-10-16(11-9-14)26-15-6-4-3-5-7-15/h3-13,18H,1-2H3,(H,21,23)/t18-,20+/m0/s1. The van der Waals surface area contributed by atoms with Gasteiger partial charge in [-0.15, -0.1) is 0 Å². The van der Waals surface area contributed by atoms with Crippen LogP contribution in [-0.2, 0) is 19.9 Å². The summed E-state index contributed by atoms with van der Waals surface area (Å²) in [5.41, 5.74) is -0.501. The maximum absolute atomic E-state index is 12.4. The molecule has 1 N–H and O–H groups in total. The number of rotatable bonds is 4. The second kappa shape index (κ2) is 7.76. The van der Waals surface area contributed by atoms with Crippen molar-refractivity contribution in [2.45, 2.75) is 28.6 Å². The summed E-state index contributed by atoms with van der Waals surface area (Å²) in [5, 5.41) is 2.36. The van der Waals surface area contributed by atoms with E-state index in [2.05, 4.69) is 5.32 Å². The molecule has 26 heavy (non-hydrogen) atoms. The first kappa shape index (κ1) is 18.2. The van der Waals surface area contributed by atoms with Crippen molar-refractivity contribution in [2.75, 3.05) is 7.05 Å². The van der Waals surface area contributed by atoms with Gasteiger partial charge in [-0.1, -0.05) is 42.1 Å². The Bertz CT molecular complexity index is 819. The highest BCUT2D eigenvalue weighted by atomic mass is 32.2. The molecule has 0 saturated heterocycles. The molecular formula is C20H19NO4S. The molecule has 0 aromatic heterocycles. The van der Waals surface area contributed by atoms with E-state index in [1.807, 2.05) is 54.6 Å². The molecule has 0 aliphatic carbocycles. The molecule has 1 amide bonds. The third kappa shape index (κ3) is 3.98. The lowest BCUT2D eigenvalue weighted by molar-refractivity contribution is -0.177. The van der Waals surface area contributed by atoms with Gasteiger partial charge < -0.3 is 14.8 Å². The number of hydrogen-bond acceptors (Lipinski definition) is 5. The van der Waals surface area contributed by atoms with Crippen molar-refractivity contribution in [2.24, 2.45) is 0 Å². The molecule has 1 aliphatic rings. The lowest BCUT2D eigenvalue weighted by atomic mass is 9.89. The largest absolute Gasteiger partial charge is 0.416 e. The van der Waals surface area contributed by atoms with Crippen molar-refractivity contribution in [1.82, 2.24) is 5.32 Å². The van der Waals surface area contributed by atoms with Crippen LogP contribution in [0.1, 0.15) is 12.5 Å². The summed E-state index contributed by atoms with van der Waals surface area (Å²) in [6.45, 7) is 1.68. The Morgan fingerprint density at radius 1 is 1.12 bits per heavy atom. The van der Waals surface area contributed by atoms with E-state index in [9.17, 15) is 9.59 Å². The van der Waals surface area contributed by atoms with Crippen LogP contribution in [-0.4, -0.2) is 25.2 Å². The Morgan fingerprint density at radius 2 is 1.77 bits per heavy atom. The molecule has 0 radical (unpaired) electrons. The van der Waals surface area contributed by atoms with E-state index < -0.39 is 18.0 Å². The Labute approximate surface area is 156 Å². The van der Waals surface area contributed by atoms with Gasteiger partial charge in [0, 0.05) is 16.8 Å². The number of ketones is 1. The van der Waals surface area contributed by atoms with Crippen LogP contribution in [0.15, 0.2) is 76.5 Å². The molecule has 2 aromatic carbocycles. The Kier molecular flexibility index (Phi) is 5.44. The molecule has 0 spiro atoms. The molecule has 3 rings (SSSR count). The van der Waals surface area contributed by atoms with E-state index in [1.165, 1.54) is 19.2 Å². The van der Waals surface area contributed by atoms with Crippen LogP contribution >= 0.6 is 11.8 Å². The third-order valence-electron chi connectivity index (χ3n) is 4.04. The van der Waals surface area contributed by atoms with Gasteiger partial charge in [-0.3, -0.25) is 4.79 Å². The summed E-state index contributed by atoms with van der Waals surface area (Å²) in [6.07, 6.45) is 1.28. The number of nitrogens with one attached hydrogen (secondary N) is 1. The number of ether oxygens (including phenoxy) is 2. The number of hydrogen-bond donors (Lipinski definition) is 1. The van der Waals surface area contributed by atoms with E-state index in [1.54, 1.807) is 18.7 Å². The van der Waals surface area contributed by atoms with Crippen LogP contribution in [0.3, 0.4) is 0 Å². The normalized spacial score (nSPS) is 22.1. The molecule has 5 nitrogen and oxygen atoms in total. The van der Waals surface area contributed by atoms with Crippen LogP contribution in [0.2, 0.25) is 0 Å². The predicted octanol–water partition coefficient (Wildman–Crippen LogP) is 3.89. The average Bonchev–Trinajstić information content (AvgIpc) is 2.66. The Morgan fingerprint density at radius 3 is 2.42 bits per heavy atom. The van der Waals surface area contributed by atoms with Crippen molar-refractivity contribution in [1.29, 1.82) is 0 Å². The molecule has 1 aliphatic heterocycles. The fourth-order valence-corrected chi connectivity index (χ4v) is 3.40. The molecular weight excluding hydrogens is 350 g/mol. The minimum Gasteiger partial charge on any atom is -0.416 e. The summed E-state index contributed by atoms with van der Waals surface area (Å²) in [7, 11) is 1.46. The predicted molar refractivity (Wildman–Crippen MR) is 98.9 cm³/mol. The van der Waals surface area contributed by atoms with Gasteiger partial charge in [0.25, 0.3) is 0 Å². The van der Waals surface area contributed by atoms with Crippen LogP contribution < -0.4 is 5.32 Å². The average molecular weight is 369 g/mol. The zero-order valence-corrected chi connectivity index (χ0v) is 15.3. The summed E-state index contributed by atoms with van der Waals surface area (Å²) >= 11 is 1.64. The SMILES string of the molecule is CNC(=O)O[C@@H]1C=CC(=O)[C@@](C)(c2ccc(Sc3ccccc3)cc2)O1. The van der Waals surface area contributed by atoms with Gasteiger partial charge in [0.05, 0.1) is 0 Å². The Hall–Kier alpha value is -2.57. The van der Waals surface area contributed by atoms with Crippen molar-refractivity contribution in [3.05, 3.63) is 72.3 Å². The van der Waals surface area contributed by atoms with Gasteiger partial charge in [-0.05, 0) is 48.9 Å². The molecule has 6 heteroatoms. The number of amides is 1. The summed E-state index contributed by atoms with van der Waals surface area (Å²) < 4.78 is 10.9. The van der Waals surface area contributed by atoms with Gasteiger partial charge in [0.15, 0.2) is 11.4 Å². The van der Waals surface area contributed by atoms with E-state index in [4.69, 9.17) is 9.47 Å². The molecule has 2 aromatic rings. The van der Waals surface area contributed by atoms with Crippen molar-refractivity contribution < 1.29 is 19.1 Å². The minimum atomic E-state index is -1.20. The first-order valence-electron chi connectivity index (χ1n) is 8.13. The van der Waals surface area contributed by atoms with Gasteiger partial charge in [0.1, 0.15) is 0 Å². The van der Waals surface area contributed by atoms with Crippen molar-refractivity contribution in [3.63, 3.8) is 0 Å². The van der Waals surface area contributed by atoms with Crippen LogP contribution in [0.25, 0.3) is 0 Å². The topological polar surface area (TPSA) is 64.6 Å². The second-order valence-corrected chi connectivity index (χ2v) is 6.98. The first-order valence-corrected chi connectivity index (χ1v) is 8.95. The molecule has 0 bridgehead atoms. The number of benzene rings is 2. The van der Waals surface area contributed by atoms with Crippen LogP contribution in [0.5, 0.6) is 0 Å². The molecule has 0 unspecified atom stereocenters. The third-order valence-corrected chi connectivity index (χ3v) is 5.05. The second-order valence-electron chi connectivity index (χ2n) is 5.84. The highest BCUT2D eigenvalue weighted by molar-refractivity contribution is 7.99. The van der Waals surface area contributed by atoms with Crippen molar-refractivity contribution >= 4 is 23.6 Å². The maximum atomic E-state index is 12.4. The van der Waals surface area contributed by atoms with E-state index in [0.717, 1.165) is 9.79 Å². The molecule has 2 atom stereocenters. The van der Waals surface area contributed by atoms with Gasteiger partial charge >= 0.3 is 6.09 Å². The lowest BCUT2D eigenvalue weighted by Gasteiger charge is -2.33. The van der Waals surface area contributed by atoms with Gasteiger partial charge in [-0.2, -0.15) is 0 Å². The van der Waals surface area contributed by atoms with E-state index >= 15 is 0 Å². The van der Waals surface area contributed by atoms with Crippen molar-refractivity contribution in [3.8, 4) is 0 Å². The fourth-order valence-electron chi connectivity index (χ4n) is 2.56.